The van der Waals surface area contributed by atoms with Gasteiger partial charge in [-0.1, -0.05) is 35.3 Å². The Hall–Kier alpha value is -1.36. The average Bonchev–Trinajstić information content (AvgIpc) is 2.42. The van der Waals surface area contributed by atoms with Crippen LogP contribution < -0.4 is 10.6 Å². The number of rotatable bonds is 4. The van der Waals surface area contributed by atoms with Crippen LogP contribution >= 0.6 is 23.2 Å². The normalized spacial score (nSPS) is 10.5. The lowest BCUT2D eigenvalue weighted by Gasteiger charge is -2.16. The second-order valence-electron chi connectivity index (χ2n) is 4.05. The predicted molar refractivity (Wildman–Crippen MR) is 79.8 cm³/mol. The maximum absolute atomic E-state index is 6.19. The molecule has 1 aromatic carbocycles. The van der Waals surface area contributed by atoms with Gasteiger partial charge in [-0.3, -0.25) is 0 Å². The summed E-state index contributed by atoms with van der Waals surface area (Å²) >= 11 is 12.2. The molecule has 0 saturated carbocycles. The van der Waals surface area contributed by atoms with Crippen molar-refractivity contribution in [1.82, 2.24) is 9.97 Å². The van der Waals surface area contributed by atoms with Crippen molar-refractivity contribution in [3.8, 4) is 11.3 Å². The molecule has 1 aromatic heterocycles. The van der Waals surface area contributed by atoms with E-state index in [1.54, 1.807) is 18.3 Å². The average molecular weight is 297 g/mol. The zero-order valence-electron chi connectivity index (χ0n) is 10.5. The highest BCUT2D eigenvalue weighted by Crippen LogP contribution is 2.32. The summed E-state index contributed by atoms with van der Waals surface area (Å²) in [6, 6.07) is 7.27. The van der Waals surface area contributed by atoms with E-state index in [9.17, 15) is 0 Å². The fourth-order valence-electron chi connectivity index (χ4n) is 1.68. The number of hydrogen-bond donors (Lipinski definition) is 1. The minimum Gasteiger partial charge on any atom is -0.343 e. The fourth-order valence-corrected chi connectivity index (χ4v) is 2.07. The van der Waals surface area contributed by atoms with Gasteiger partial charge in [0.1, 0.15) is 0 Å². The molecule has 0 saturated heterocycles. The van der Waals surface area contributed by atoms with Gasteiger partial charge in [0.25, 0.3) is 0 Å². The van der Waals surface area contributed by atoms with E-state index in [0.717, 1.165) is 11.3 Å². The summed E-state index contributed by atoms with van der Waals surface area (Å²) < 4.78 is 0. The first-order valence-electron chi connectivity index (χ1n) is 5.82. The highest BCUT2D eigenvalue weighted by molar-refractivity contribution is 6.43. The molecule has 0 fully saturated rings. The maximum atomic E-state index is 6.19. The molecule has 0 radical (unpaired) electrons. The molecule has 0 aliphatic heterocycles. The smallest absolute Gasteiger partial charge is 0.225 e. The van der Waals surface area contributed by atoms with Gasteiger partial charge in [0, 0.05) is 31.9 Å². The van der Waals surface area contributed by atoms with Crippen LogP contribution in [-0.2, 0) is 0 Å². The zero-order valence-corrected chi connectivity index (χ0v) is 12.0. The predicted octanol–water partition coefficient (Wildman–Crippen LogP) is 2.85. The molecule has 4 nitrogen and oxygen atoms in total. The van der Waals surface area contributed by atoms with Crippen molar-refractivity contribution in [1.29, 1.82) is 0 Å². The van der Waals surface area contributed by atoms with Gasteiger partial charge in [-0.05, 0) is 12.1 Å². The third-order valence-corrected chi connectivity index (χ3v) is 3.50. The second kappa shape index (κ2) is 6.19. The molecule has 0 unspecified atom stereocenters. The van der Waals surface area contributed by atoms with Crippen LogP contribution in [0.25, 0.3) is 11.3 Å². The Balaban J connectivity index is 2.40. The Morgan fingerprint density at radius 1 is 1.26 bits per heavy atom. The zero-order chi connectivity index (χ0) is 13.8. The standard InChI is InChI=1S/C13H14Cl2N4/c1-19(8-6-16)13-17-7-5-11(18-13)9-3-2-4-10(14)12(9)15/h2-5,7H,6,8,16H2,1H3. The van der Waals surface area contributed by atoms with Crippen LogP contribution in [0.1, 0.15) is 0 Å². The lowest BCUT2D eigenvalue weighted by Crippen LogP contribution is -2.26. The fraction of sp³-hybridized carbons (Fsp3) is 0.231. The van der Waals surface area contributed by atoms with E-state index < -0.39 is 0 Å². The van der Waals surface area contributed by atoms with Gasteiger partial charge in [0.05, 0.1) is 15.7 Å². The number of anilines is 1. The lowest BCUT2D eigenvalue weighted by atomic mass is 10.1. The third-order valence-electron chi connectivity index (χ3n) is 2.68. The minimum absolute atomic E-state index is 0.496. The van der Waals surface area contributed by atoms with E-state index in [1.165, 1.54) is 0 Å². The third kappa shape index (κ3) is 3.15. The summed E-state index contributed by atoms with van der Waals surface area (Å²) in [7, 11) is 1.89. The summed E-state index contributed by atoms with van der Waals surface area (Å²) in [6.07, 6.45) is 1.70. The van der Waals surface area contributed by atoms with E-state index in [1.807, 2.05) is 24.1 Å². The van der Waals surface area contributed by atoms with Gasteiger partial charge < -0.3 is 10.6 Å². The van der Waals surface area contributed by atoms with Crippen molar-refractivity contribution in [2.24, 2.45) is 5.73 Å². The van der Waals surface area contributed by atoms with E-state index in [-0.39, 0.29) is 0 Å². The maximum Gasteiger partial charge on any atom is 0.225 e. The van der Waals surface area contributed by atoms with Crippen LogP contribution in [0.15, 0.2) is 30.5 Å². The number of nitrogens with zero attached hydrogens (tertiary/aromatic N) is 3. The summed E-state index contributed by atoms with van der Waals surface area (Å²) in [5.74, 6) is 0.610. The first-order chi connectivity index (χ1) is 9.13. The van der Waals surface area contributed by atoms with Crippen LogP contribution in [0.3, 0.4) is 0 Å². The summed E-state index contributed by atoms with van der Waals surface area (Å²) in [5, 5.41) is 1.00. The molecule has 0 spiro atoms. The summed E-state index contributed by atoms with van der Waals surface area (Å²) in [5.41, 5.74) is 7.05. The van der Waals surface area contributed by atoms with Crippen LogP contribution in [0, 0.1) is 0 Å². The topological polar surface area (TPSA) is 55.0 Å². The lowest BCUT2D eigenvalue weighted by molar-refractivity contribution is 0.847. The number of aromatic nitrogens is 2. The Morgan fingerprint density at radius 3 is 2.79 bits per heavy atom. The molecule has 0 aliphatic rings. The molecular formula is C13H14Cl2N4. The number of halogens is 2. The molecule has 6 heteroatoms. The van der Waals surface area contributed by atoms with Crippen LogP contribution in [0.2, 0.25) is 10.0 Å². The van der Waals surface area contributed by atoms with Crippen molar-refractivity contribution in [2.45, 2.75) is 0 Å². The number of likely N-dealkylation sites (N-methyl/N-ethyl adjacent to an activating group) is 1. The van der Waals surface area contributed by atoms with Crippen LogP contribution in [0.5, 0.6) is 0 Å². The molecule has 0 bridgehead atoms. The first kappa shape index (κ1) is 14.1. The number of benzene rings is 1. The van der Waals surface area contributed by atoms with Crippen molar-refractivity contribution in [3.63, 3.8) is 0 Å². The highest BCUT2D eigenvalue weighted by atomic mass is 35.5. The van der Waals surface area contributed by atoms with Crippen LogP contribution in [0.4, 0.5) is 5.95 Å². The molecular weight excluding hydrogens is 283 g/mol. The van der Waals surface area contributed by atoms with Crippen LogP contribution in [-0.4, -0.2) is 30.1 Å². The van der Waals surface area contributed by atoms with Gasteiger partial charge >= 0.3 is 0 Å². The Morgan fingerprint density at radius 2 is 2.05 bits per heavy atom. The van der Waals surface area contributed by atoms with E-state index in [4.69, 9.17) is 28.9 Å². The second-order valence-corrected chi connectivity index (χ2v) is 4.84. The molecule has 19 heavy (non-hydrogen) atoms. The monoisotopic (exact) mass is 296 g/mol. The SMILES string of the molecule is CN(CCN)c1nccc(-c2cccc(Cl)c2Cl)n1. The van der Waals surface area contributed by atoms with Gasteiger partial charge in [0.2, 0.25) is 5.95 Å². The summed E-state index contributed by atoms with van der Waals surface area (Å²) in [4.78, 5) is 10.6. The summed E-state index contributed by atoms with van der Waals surface area (Å²) in [6.45, 7) is 1.23. The van der Waals surface area contributed by atoms with Crippen molar-refractivity contribution in [3.05, 3.63) is 40.5 Å². The van der Waals surface area contributed by atoms with Gasteiger partial charge in [0.15, 0.2) is 0 Å². The molecule has 0 atom stereocenters. The van der Waals surface area contributed by atoms with Gasteiger partial charge in [-0.25, -0.2) is 9.97 Å². The van der Waals surface area contributed by atoms with Crippen molar-refractivity contribution >= 4 is 29.2 Å². The highest BCUT2D eigenvalue weighted by Gasteiger charge is 2.10. The molecule has 1 heterocycles. The molecule has 2 rings (SSSR count). The Labute approximate surface area is 122 Å². The Bertz CT molecular complexity index is 574. The minimum atomic E-state index is 0.496. The molecule has 100 valence electrons. The quantitative estimate of drug-likeness (QED) is 0.943. The first-order valence-corrected chi connectivity index (χ1v) is 6.57. The Kier molecular flexibility index (Phi) is 4.58. The van der Waals surface area contributed by atoms with Crippen molar-refractivity contribution < 1.29 is 0 Å². The number of hydrogen-bond acceptors (Lipinski definition) is 4. The largest absolute Gasteiger partial charge is 0.343 e. The van der Waals surface area contributed by atoms with Gasteiger partial charge in [-0.15, -0.1) is 0 Å². The van der Waals surface area contributed by atoms with E-state index in [2.05, 4.69) is 9.97 Å². The molecule has 2 aromatic rings. The molecule has 2 N–H and O–H groups in total. The van der Waals surface area contributed by atoms with Gasteiger partial charge in [-0.2, -0.15) is 0 Å². The van der Waals surface area contributed by atoms with E-state index in [0.29, 0.717) is 29.1 Å². The molecule has 0 aliphatic carbocycles. The number of nitrogens with two attached hydrogens (primary N) is 1. The van der Waals surface area contributed by atoms with E-state index >= 15 is 0 Å². The molecule has 0 amide bonds. The van der Waals surface area contributed by atoms with Crippen molar-refractivity contribution in [2.75, 3.05) is 25.0 Å².